The Morgan fingerprint density at radius 1 is 1.28 bits per heavy atom. The predicted molar refractivity (Wildman–Crippen MR) is 94.3 cm³/mol. The fraction of sp³-hybridized carbons (Fsp3) is 0.650. The molecule has 4 unspecified atom stereocenters. The van der Waals surface area contributed by atoms with Crippen molar-refractivity contribution in [3.05, 3.63) is 34.9 Å². The van der Waals surface area contributed by atoms with Gasteiger partial charge in [0.25, 0.3) is 0 Å². The van der Waals surface area contributed by atoms with E-state index in [-0.39, 0.29) is 30.3 Å². The van der Waals surface area contributed by atoms with E-state index >= 15 is 0 Å². The van der Waals surface area contributed by atoms with Crippen molar-refractivity contribution in [2.45, 2.75) is 82.8 Å². The first-order valence-corrected chi connectivity index (χ1v) is 9.46. The highest BCUT2D eigenvalue weighted by atomic mass is 19.2. The summed E-state index contributed by atoms with van der Waals surface area (Å²) in [6.07, 6.45) is 5.92. The molecular formula is C20H28F2N2O. The van der Waals surface area contributed by atoms with Gasteiger partial charge in [-0.25, -0.2) is 8.78 Å². The molecule has 1 fully saturated rings. The molecule has 0 saturated carbocycles. The van der Waals surface area contributed by atoms with Gasteiger partial charge in [0.05, 0.1) is 0 Å². The Bertz CT molecular complexity index is 649. The number of nitrogens with zero attached hydrogens (tertiary/aromatic N) is 1. The summed E-state index contributed by atoms with van der Waals surface area (Å²) >= 11 is 0. The van der Waals surface area contributed by atoms with E-state index in [2.05, 4.69) is 13.8 Å². The van der Waals surface area contributed by atoms with Gasteiger partial charge >= 0.3 is 0 Å². The van der Waals surface area contributed by atoms with Crippen LogP contribution in [0.1, 0.15) is 69.4 Å². The van der Waals surface area contributed by atoms with Crippen molar-refractivity contribution in [3.63, 3.8) is 0 Å². The highest BCUT2D eigenvalue weighted by Gasteiger charge is 2.35. The lowest BCUT2D eigenvalue weighted by Gasteiger charge is -2.41. The Labute approximate surface area is 148 Å². The fourth-order valence-electron chi connectivity index (χ4n) is 4.66. The SMILES string of the molecule is CCC1CCCC(C)N1C(=O)CC(N)C1CCc2cc(F)c(F)cc21. The van der Waals surface area contributed by atoms with Crippen LogP contribution in [0, 0.1) is 11.6 Å². The molecule has 1 aromatic carbocycles. The maximum Gasteiger partial charge on any atom is 0.224 e. The average Bonchev–Trinajstić information content (AvgIpc) is 2.97. The Balaban J connectivity index is 1.72. The number of rotatable bonds is 4. The maximum atomic E-state index is 13.6. The molecule has 1 saturated heterocycles. The molecule has 0 spiro atoms. The highest BCUT2D eigenvalue weighted by molar-refractivity contribution is 5.78. The van der Waals surface area contributed by atoms with Gasteiger partial charge in [-0.1, -0.05) is 6.92 Å². The van der Waals surface area contributed by atoms with E-state index in [9.17, 15) is 13.6 Å². The zero-order chi connectivity index (χ0) is 18.1. The Morgan fingerprint density at radius 3 is 2.72 bits per heavy atom. The van der Waals surface area contributed by atoms with E-state index in [1.54, 1.807) is 0 Å². The summed E-state index contributed by atoms with van der Waals surface area (Å²) in [5.41, 5.74) is 7.96. The van der Waals surface area contributed by atoms with Gasteiger partial charge in [-0.05, 0) is 68.7 Å². The zero-order valence-corrected chi connectivity index (χ0v) is 15.1. The van der Waals surface area contributed by atoms with Crippen LogP contribution in [0.25, 0.3) is 0 Å². The molecule has 0 aromatic heterocycles. The first kappa shape index (κ1) is 18.3. The minimum absolute atomic E-state index is 0.0748. The molecule has 5 heteroatoms. The number of likely N-dealkylation sites (tertiary alicyclic amines) is 1. The van der Waals surface area contributed by atoms with Crippen molar-refractivity contribution in [3.8, 4) is 0 Å². The molecule has 25 heavy (non-hydrogen) atoms. The van der Waals surface area contributed by atoms with Crippen LogP contribution in [0.3, 0.4) is 0 Å². The largest absolute Gasteiger partial charge is 0.337 e. The lowest BCUT2D eigenvalue weighted by molar-refractivity contribution is -0.138. The van der Waals surface area contributed by atoms with Gasteiger partial charge in [0.2, 0.25) is 5.91 Å². The summed E-state index contributed by atoms with van der Waals surface area (Å²) in [5, 5.41) is 0. The summed E-state index contributed by atoms with van der Waals surface area (Å²) < 4.78 is 27.0. The van der Waals surface area contributed by atoms with E-state index in [1.165, 1.54) is 12.1 Å². The molecule has 2 N–H and O–H groups in total. The number of carbonyl (C=O) groups excluding carboxylic acids is 1. The van der Waals surface area contributed by atoms with Crippen LogP contribution in [-0.4, -0.2) is 28.9 Å². The van der Waals surface area contributed by atoms with Crippen molar-refractivity contribution in [1.82, 2.24) is 4.90 Å². The van der Waals surface area contributed by atoms with Gasteiger partial charge in [0.1, 0.15) is 0 Å². The minimum atomic E-state index is -0.833. The summed E-state index contributed by atoms with van der Waals surface area (Å²) in [4.78, 5) is 14.9. The first-order chi connectivity index (χ1) is 11.9. The topological polar surface area (TPSA) is 46.3 Å². The van der Waals surface area contributed by atoms with E-state index in [0.717, 1.165) is 43.2 Å². The number of nitrogens with two attached hydrogens (primary N) is 1. The quantitative estimate of drug-likeness (QED) is 0.895. The number of aryl methyl sites for hydroxylation is 1. The van der Waals surface area contributed by atoms with E-state index in [4.69, 9.17) is 5.73 Å². The molecule has 138 valence electrons. The number of benzene rings is 1. The van der Waals surface area contributed by atoms with Crippen LogP contribution < -0.4 is 5.73 Å². The third kappa shape index (κ3) is 3.57. The van der Waals surface area contributed by atoms with Crippen molar-refractivity contribution >= 4 is 5.91 Å². The van der Waals surface area contributed by atoms with Crippen LogP contribution in [-0.2, 0) is 11.2 Å². The second-order valence-corrected chi connectivity index (χ2v) is 7.62. The number of amides is 1. The van der Waals surface area contributed by atoms with Crippen molar-refractivity contribution in [2.24, 2.45) is 5.73 Å². The van der Waals surface area contributed by atoms with Gasteiger partial charge < -0.3 is 10.6 Å². The number of hydrogen-bond acceptors (Lipinski definition) is 2. The van der Waals surface area contributed by atoms with Crippen LogP contribution in [0.2, 0.25) is 0 Å². The number of halogens is 2. The van der Waals surface area contributed by atoms with Crippen LogP contribution in [0.15, 0.2) is 12.1 Å². The summed E-state index contributed by atoms with van der Waals surface area (Å²) in [5.74, 6) is -1.62. The highest BCUT2D eigenvalue weighted by Crippen LogP contribution is 2.37. The lowest BCUT2D eigenvalue weighted by atomic mass is 9.89. The standard InChI is InChI=1S/C20H28F2N2O/c1-3-14-6-4-5-12(2)24(14)20(25)11-19(23)15-8-7-13-9-17(21)18(22)10-16(13)15/h9-10,12,14-15,19H,3-8,11,23H2,1-2H3. The Hall–Kier alpha value is -1.49. The van der Waals surface area contributed by atoms with Gasteiger partial charge in [-0.3, -0.25) is 4.79 Å². The molecule has 3 rings (SSSR count). The normalized spacial score (nSPS) is 27.2. The number of piperidine rings is 1. The Morgan fingerprint density at radius 2 is 2.00 bits per heavy atom. The molecule has 0 radical (unpaired) electrons. The van der Waals surface area contributed by atoms with Crippen molar-refractivity contribution in [2.75, 3.05) is 0 Å². The zero-order valence-electron chi connectivity index (χ0n) is 15.1. The van der Waals surface area contributed by atoms with E-state index in [1.807, 2.05) is 4.90 Å². The van der Waals surface area contributed by atoms with E-state index < -0.39 is 11.6 Å². The number of fused-ring (bicyclic) bond motifs is 1. The van der Waals surface area contributed by atoms with Crippen molar-refractivity contribution < 1.29 is 13.6 Å². The average molecular weight is 350 g/mol. The number of hydrogen-bond donors (Lipinski definition) is 1. The van der Waals surface area contributed by atoms with Crippen molar-refractivity contribution in [1.29, 1.82) is 0 Å². The van der Waals surface area contributed by atoms with Gasteiger partial charge in [0, 0.05) is 30.5 Å². The van der Waals surface area contributed by atoms with E-state index in [0.29, 0.717) is 12.5 Å². The third-order valence-electron chi connectivity index (χ3n) is 6.02. The minimum Gasteiger partial charge on any atom is -0.337 e. The lowest BCUT2D eigenvalue weighted by Crippen LogP contribution is -2.50. The Kier molecular flexibility index (Phi) is 5.42. The molecule has 1 aliphatic heterocycles. The monoisotopic (exact) mass is 350 g/mol. The second kappa shape index (κ2) is 7.40. The predicted octanol–water partition coefficient (Wildman–Crippen LogP) is 3.89. The van der Waals surface area contributed by atoms with Gasteiger partial charge in [-0.15, -0.1) is 0 Å². The fourth-order valence-corrected chi connectivity index (χ4v) is 4.66. The number of carbonyl (C=O) groups is 1. The van der Waals surface area contributed by atoms with Gasteiger partial charge in [-0.2, -0.15) is 0 Å². The third-order valence-corrected chi connectivity index (χ3v) is 6.02. The molecule has 1 aliphatic carbocycles. The summed E-state index contributed by atoms with van der Waals surface area (Å²) in [6, 6.07) is 2.74. The molecular weight excluding hydrogens is 322 g/mol. The summed E-state index contributed by atoms with van der Waals surface area (Å²) in [6.45, 7) is 4.22. The summed E-state index contributed by atoms with van der Waals surface area (Å²) in [7, 11) is 0. The molecule has 1 amide bonds. The van der Waals surface area contributed by atoms with Crippen LogP contribution in [0.5, 0.6) is 0 Å². The molecule has 3 nitrogen and oxygen atoms in total. The molecule has 1 heterocycles. The molecule has 0 bridgehead atoms. The van der Waals surface area contributed by atoms with Gasteiger partial charge in [0.15, 0.2) is 11.6 Å². The second-order valence-electron chi connectivity index (χ2n) is 7.62. The smallest absolute Gasteiger partial charge is 0.224 e. The maximum absolute atomic E-state index is 13.6. The first-order valence-electron chi connectivity index (χ1n) is 9.46. The molecule has 4 atom stereocenters. The molecule has 2 aliphatic rings. The van der Waals surface area contributed by atoms with Crippen LogP contribution >= 0.6 is 0 Å². The molecule has 1 aromatic rings. The van der Waals surface area contributed by atoms with Crippen LogP contribution in [0.4, 0.5) is 8.78 Å².